The van der Waals surface area contributed by atoms with Crippen LogP contribution in [0, 0.1) is 17.2 Å². The third kappa shape index (κ3) is 7.07. The highest BCUT2D eigenvalue weighted by molar-refractivity contribution is 5.69. The van der Waals surface area contributed by atoms with E-state index in [1.165, 1.54) is 0 Å². The van der Waals surface area contributed by atoms with E-state index in [2.05, 4.69) is 11.4 Å². The molecule has 0 saturated carbocycles. The molecule has 0 radical (unpaired) electrons. The quantitative estimate of drug-likeness (QED) is 0.792. The monoisotopic (exact) mass is 339 g/mol. The van der Waals surface area contributed by atoms with Gasteiger partial charge < -0.3 is 19.7 Å². The standard InChI is InChI=1S/C17H29N3O4/c1-16(2,3)23-14(21)19-13-8-10-20(9-7-12(13)11-18)15(22)24-17(4,5)6/h12-13H,7-10H2,1-6H3,(H,19,21). The highest BCUT2D eigenvalue weighted by Gasteiger charge is 2.32. The summed E-state index contributed by atoms with van der Waals surface area (Å²) in [4.78, 5) is 25.7. The summed E-state index contributed by atoms with van der Waals surface area (Å²) in [6.45, 7) is 11.6. The molecular formula is C17H29N3O4. The predicted molar refractivity (Wildman–Crippen MR) is 89.3 cm³/mol. The van der Waals surface area contributed by atoms with Crippen LogP contribution in [0.5, 0.6) is 0 Å². The van der Waals surface area contributed by atoms with Crippen molar-refractivity contribution in [2.75, 3.05) is 13.1 Å². The molecule has 7 heteroatoms. The highest BCUT2D eigenvalue weighted by atomic mass is 16.6. The van der Waals surface area contributed by atoms with Gasteiger partial charge in [-0.25, -0.2) is 9.59 Å². The van der Waals surface area contributed by atoms with E-state index in [0.29, 0.717) is 25.9 Å². The maximum absolute atomic E-state index is 12.2. The number of carbonyl (C=O) groups excluding carboxylic acids is 2. The van der Waals surface area contributed by atoms with Crippen LogP contribution in [0.2, 0.25) is 0 Å². The summed E-state index contributed by atoms with van der Waals surface area (Å²) in [5.74, 6) is -0.370. The van der Waals surface area contributed by atoms with Crippen molar-refractivity contribution in [2.24, 2.45) is 5.92 Å². The van der Waals surface area contributed by atoms with Crippen molar-refractivity contribution in [1.82, 2.24) is 10.2 Å². The average molecular weight is 339 g/mol. The zero-order chi connectivity index (χ0) is 18.5. The largest absolute Gasteiger partial charge is 0.444 e. The maximum Gasteiger partial charge on any atom is 0.410 e. The van der Waals surface area contributed by atoms with Crippen LogP contribution in [0.25, 0.3) is 0 Å². The van der Waals surface area contributed by atoms with Gasteiger partial charge in [0, 0.05) is 19.1 Å². The summed E-state index contributed by atoms with van der Waals surface area (Å²) in [5, 5.41) is 12.1. The van der Waals surface area contributed by atoms with E-state index in [1.54, 1.807) is 25.7 Å². The van der Waals surface area contributed by atoms with E-state index in [1.807, 2.05) is 20.8 Å². The van der Waals surface area contributed by atoms with E-state index in [4.69, 9.17) is 9.47 Å². The molecule has 1 rings (SSSR count). The molecule has 0 aromatic carbocycles. The van der Waals surface area contributed by atoms with Crippen LogP contribution >= 0.6 is 0 Å². The zero-order valence-electron chi connectivity index (χ0n) is 15.5. The van der Waals surface area contributed by atoms with E-state index >= 15 is 0 Å². The van der Waals surface area contributed by atoms with Gasteiger partial charge in [-0.15, -0.1) is 0 Å². The summed E-state index contributed by atoms with van der Waals surface area (Å²) in [6, 6.07) is 1.87. The van der Waals surface area contributed by atoms with E-state index in [0.717, 1.165) is 0 Å². The van der Waals surface area contributed by atoms with Gasteiger partial charge in [0.25, 0.3) is 0 Å². The lowest BCUT2D eigenvalue weighted by Gasteiger charge is -2.26. The van der Waals surface area contributed by atoms with Crippen LogP contribution in [0.1, 0.15) is 54.4 Å². The number of amides is 2. The van der Waals surface area contributed by atoms with Crippen molar-refractivity contribution in [3.8, 4) is 6.07 Å². The predicted octanol–water partition coefficient (Wildman–Crippen LogP) is 3.05. The minimum absolute atomic E-state index is 0.350. The van der Waals surface area contributed by atoms with E-state index in [9.17, 15) is 14.9 Å². The van der Waals surface area contributed by atoms with Gasteiger partial charge in [-0.2, -0.15) is 5.26 Å². The molecule has 0 aromatic rings. The van der Waals surface area contributed by atoms with Gasteiger partial charge in [-0.1, -0.05) is 0 Å². The molecule has 1 fully saturated rings. The number of likely N-dealkylation sites (tertiary alicyclic amines) is 1. The van der Waals surface area contributed by atoms with Crippen molar-refractivity contribution >= 4 is 12.2 Å². The van der Waals surface area contributed by atoms with Gasteiger partial charge in [0.1, 0.15) is 11.2 Å². The Bertz CT molecular complexity index is 499. The number of ether oxygens (including phenoxy) is 2. The summed E-state index contributed by atoms with van der Waals surface area (Å²) in [7, 11) is 0. The molecule has 1 aliphatic heterocycles. The van der Waals surface area contributed by atoms with Crippen LogP contribution in [-0.2, 0) is 9.47 Å². The third-order valence-electron chi connectivity index (χ3n) is 3.43. The number of nitrogens with zero attached hydrogens (tertiary/aromatic N) is 2. The minimum Gasteiger partial charge on any atom is -0.444 e. The molecular weight excluding hydrogens is 310 g/mol. The average Bonchev–Trinajstić information content (AvgIpc) is 2.56. The van der Waals surface area contributed by atoms with Crippen LogP contribution < -0.4 is 5.32 Å². The molecule has 7 nitrogen and oxygen atoms in total. The molecule has 0 bridgehead atoms. The number of rotatable bonds is 1. The molecule has 1 aliphatic rings. The number of hydrogen-bond acceptors (Lipinski definition) is 5. The number of carbonyl (C=O) groups is 2. The second-order valence-corrected chi connectivity index (χ2v) is 8.03. The Hall–Kier alpha value is -1.97. The number of nitrogens with one attached hydrogen (secondary N) is 1. The van der Waals surface area contributed by atoms with Crippen LogP contribution in [0.4, 0.5) is 9.59 Å². The highest BCUT2D eigenvalue weighted by Crippen LogP contribution is 2.20. The number of alkyl carbamates (subject to hydrolysis) is 1. The smallest absolute Gasteiger partial charge is 0.410 e. The molecule has 136 valence electrons. The van der Waals surface area contributed by atoms with E-state index < -0.39 is 23.4 Å². The van der Waals surface area contributed by atoms with Crippen LogP contribution in [-0.4, -0.2) is 47.4 Å². The van der Waals surface area contributed by atoms with Gasteiger partial charge in [0.15, 0.2) is 0 Å². The van der Waals surface area contributed by atoms with Gasteiger partial charge in [0.2, 0.25) is 0 Å². The zero-order valence-corrected chi connectivity index (χ0v) is 15.5. The molecule has 24 heavy (non-hydrogen) atoms. The van der Waals surface area contributed by atoms with E-state index in [-0.39, 0.29) is 12.0 Å². The van der Waals surface area contributed by atoms with Crippen molar-refractivity contribution in [3.05, 3.63) is 0 Å². The Kier molecular flexibility index (Phi) is 6.47. The minimum atomic E-state index is -0.598. The SMILES string of the molecule is CC(C)(C)OC(=O)NC1CCN(C(=O)OC(C)(C)C)CCC1C#N. The van der Waals surface area contributed by atoms with Crippen molar-refractivity contribution in [1.29, 1.82) is 5.26 Å². The fraction of sp³-hybridized carbons (Fsp3) is 0.824. The first-order valence-corrected chi connectivity index (χ1v) is 8.28. The third-order valence-corrected chi connectivity index (χ3v) is 3.43. The second-order valence-electron chi connectivity index (χ2n) is 8.03. The molecule has 2 atom stereocenters. The Morgan fingerprint density at radius 2 is 1.58 bits per heavy atom. The molecule has 2 unspecified atom stereocenters. The van der Waals surface area contributed by atoms with Gasteiger partial charge in [-0.05, 0) is 54.4 Å². The first-order chi connectivity index (χ1) is 10.9. The lowest BCUT2D eigenvalue weighted by Crippen LogP contribution is -2.43. The molecule has 0 aromatic heterocycles. The van der Waals surface area contributed by atoms with Crippen molar-refractivity contribution < 1.29 is 19.1 Å². The Morgan fingerprint density at radius 1 is 1.04 bits per heavy atom. The summed E-state index contributed by atoms with van der Waals surface area (Å²) >= 11 is 0. The van der Waals surface area contributed by atoms with Gasteiger partial charge in [0.05, 0.1) is 12.0 Å². The molecule has 1 saturated heterocycles. The first-order valence-electron chi connectivity index (χ1n) is 8.28. The number of hydrogen-bond donors (Lipinski definition) is 1. The Balaban J connectivity index is 2.68. The number of nitriles is 1. The van der Waals surface area contributed by atoms with Crippen molar-refractivity contribution in [2.45, 2.75) is 71.6 Å². The topological polar surface area (TPSA) is 91.7 Å². The molecule has 1 heterocycles. The normalized spacial score (nSPS) is 22.1. The molecule has 2 amide bonds. The Morgan fingerprint density at radius 3 is 2.08 bits per heavy atom. The summed E-state index contributed by atoms with van der Waals surface area (Å²) in [5.41, 5.74) is -1.16. The molecule has 0 spiro atoms. The van der Waals surface area contributed by atoms with Gasteiger partial charge >= 0.3 is 12.2 Å². The lowest BCUT2D eigenvalue weighted by atomic mass is 9.97. The Labute approximate surface area is 144 Å². The molecule has 1 N–H and O–H groups in total. The molecule has 0 aliphatic carbocycles. The second kappa shape index (κ2) is 7.73. The summed E-state index contributed by atoms with van der Waals surface area (Å²) < 4.78 is 10.6. The maximum atomic E-state index is 12.2. The lowest BCUT2D eigenvalue weighted by molar-refractivity contribution is 0.0255. The van der Waals surface area contributed by atoms with Crippen LogP contribution in [0.15, 0.2) is 0 Å². The first kappa shape index (κ1) is 20.1. The van der Waals surface area contributed by atoms with Crippen molar-refractivity contribution in [3.63, 3.8) is 0 Å². The fourth-order valence-corrected chi connectivity index (χ4v) is 2.40. The van der Waals surface area contributed by atoms with Gasteiger partial charge in [-0.3, -0.25) is 0 Å². The van der Waals surface area contributed by atoms with Crippen LogP contribution in [0.3, 0.4) is 0 Å². The summed E-state index contributed by atoms with van der Waals surface area (Å²) in [6.07, 6.45) is 0.0305. The fourth-order valence-electron chi connectivity index (χ4n) is 2.40.